The molecule has 30 heavy (non-hydrogen) atoms. The maximum absolute atomic E-state index is 12.8. The fourth-order valence-electron chi connectivity index (χ4n) is 2.22. The average molecular weight is 548 g/mol. The van der Waals surface area contributed by atoms with Crippen LogP contribution in [-0.2, 0) is 15.8 Å². The second-order valence-electron chi connectivity index (χ2n) is 5.70. The van der Waals surface area contributed by atoms with E-state index in [0.29, 0.717) is 14.5 Å². The summed E-state index contributed by atoms with van der Waals surface area (Å²) < 4.78 is 44.2. The van der Waals surface area contributed by atoms with E-state index in [1.807, 2.05) is 0 Å². The molecule has 2 N–H and O–H groups in total. The highest BCUT2D eigenvalue weighted by Gasteiger charge is 2.30. The molecule has 0 aromatic heterocycles. The van der Waals surface area contributed by atoms with Gasteiger partial charge in [-0.15, -0.1) is 0 Å². The van der Waals surface area contributed by atoms with Crippen molar-refractivity contribution in [1.29, 1.82) is 5.26 Å². The molecular weight excluding hydrogens is 537 g/mol. The van der Waals surface area contributed by atoms with Crippen LogP contribution in [0, 0.1) is 11.3 Å². The van der Waals surface area contributed by atoms with Crippen LogP contribution < -0.4 is 10.1 Å². The van der Waals surface area contributed by atoms with E-state index in [1.54, 1.807) is 6.07 Å². The van der Waals surface area contributed by atoms with Gasteiger partial charge in [0.2, 0.25) is 0 Å². The molecule has 0 spiro atoms. The summed E-state index contributed by atoms with van der Waals surface area (Å²) in [4.78, 5) is 23.0. The molecule has 0 saturated heterocycles. The van der Waals surface area contributed by atoms with E-state index in [-0.39, 0.29) is 17.0 Å². The van der Waals surface area contributed by atoms with Gasteiger partial charge in [0.1, 0.15) is 17.4 Å². The molecular formula is C19H11Br2F3N2O4. The topological polar surface area (TPSA) is 99.4 Å². The molecule has 156 valence electrons. The molecule has 0 radical (unpaired) electrons. The number of nitriles is 1. The van der Waals surface area contributed by atoms with Crippen LogP contribution in [0.15, 0.2) is 50.9 Å². The van der Waals surface area contributed by atoms with Gasteiger partial charge in [-0.05, 0) is 73.8 Å². The number of halogens is 5. The van der Waals surface area contributed by atoms with Gasteiger partial charge >= 0.3 is 12.1 Å². The van der Waals surface area contributed by atoms with Crippen molar-refractivity contribution in [3.05, 3.63) is 62.0 Å². The number of benzene rings is 2. The lowest BCUT2D eigenvalue weighted by molar-refractivity contribution is -0.139. The van der Waals surface area contributed by atoms with Gasteiger partial charge in [-0.1, -0.05) is 6.07 Å². The highest BCUT2D eigenvalue weighted by molar-refractivity contribution is 9.11. The van der Waals surface area contributed by atoms with Gasteiger partial charge in [-0.25, -0.2) is 4.79 Å². The smallest absolute Gasteiger partial charge is 0.416 e. The molecule has 6 nitrogen and oxygen atoms in total. The van der Waals surface area contributed by atoms with E-state index in [4.69, 9.17) is 9.84 Å². The van der Waals surface area contributed by atoms with Crippen molar-refractivity contribution in [1.82, 2.24) is 0 Å². The SMILES string of the molecule is N#C/C(=C\c1cc(Br)c(OCC(=O)O)c(Br)c1)C(=O)Nc1cccc(C(F)(F)F)c1. The Kier molecular flexibility index (Phi) is 7.64. The maximum Gasteiger partial charge on any atom is 0.416 e. The number of carboxylic acids is 1. The molecule has 0 aliphatic carbocycles. The highest BCUT2D eigenvalue weighted by Crippen LogP contribution is 2.35. The lowest BCUT2D eigenvalue weighted by atomic mass is 10.1. The summed E-state index contributed by atoms with van der Waals surface area (Å²) in [5.74, 6) is -1.85. The third kappa shape index (κ3) is 6.33. The summed E-state index contributed by atoms with van der Waals surface area (Å²) in [6, 6.07) is 8.69. The Labute approximate surface area is 185 Å². The molecule has 0 heterocycles. The predicted octanol–water partition coefficient (Wildman–Crippen LogP) is 5.24. The van der Waals surface area contributed by atoms with Gasteiger partial charge < -0.3 is 15.2 Å². The zero-order valence-corrected chi connectivity index (χ0v) is 17.9. The number of hydrogen-bond acceptors (Lipinski definition) is 4. The number of rotatable bonds is 6. The Hall–Kier alpha value is -2.84. The molecule has 0 saturated carbocycles. The molecule has 0 atom stereocenters. The number of hydrogen-bond donors (Lipinski definition) is 2. The number of anilines is 1. The summed E-state index contributed by atoms with van der Waals surface area (Å²) in [7, 11) is 0. The summed E-state index contributed by atoms with van der Waals surface area (Å²) >= 11 is 6.42. The van der Waals surface area contributed by atoms with Crippen LogP contribution in [0.3, 0.4) is 0 Å². The quantitative estimate of drug-likeness (QED) is 0.380. The van der Waals surface area contributed by atoms with Gasteiger partial charge in [0, 0.05) is 5.69 Å². The second kappa shape index (κ2) is 9.77. The fourth-order valence-corrected chi connectivity index (χ4v) is 3.67. The second-order valence-corrected chi connectivity index (χ2v) is 7.41. The standard InChI is InChI=1S/C19H11Br2F3N2O4/c20-14-5-10(6-15(21)17(14)30-9-16(27)28)4-11(8-25)18(29)26-13-3-1-2-12(7-13)19(22,23)24/h1-7H,9H2,(H,26,29)(H,27,28)/b11-4+. The molecule has 1 amide bonds. The zero-order chi connectivity index (χ0) is 22.5. The number of nitrogens with zero attached hydrogens (tertiary/aromatic N) is 1. The van der Waals surface area contributed by atoms with Gasteiger partial charge in [0.15, 0.2) is 6.61 Å². The molecule has 11 heteroatoms. The molecule has 0 unspecified atom stereocenters. The van der Waals surface area contributed by atoms with E-state index < -0.39 is 30.2 Å². The van der Waals surface area contributed by atoms with Crippen molar-refractivity contribution in [2.24, 2.45) is 0 Å². The summed E-state index contributed by atoms with van der Waals surface area (Å²) in [5, 5.41) is 20.2. The van der Waals surface area contributed by atoms with Crippen LogP contribution in [0.25, 0.3) is 6.08 Å². The predicted molar refractivity (Wildman–Crippen MR) is 109 cm³/mol. The van der Waals surface area contributed by atoms with Crippen LogP contribution >= 0.6 is 31.9 Å². The Morgan fingerprint density at radius 2 is 1.83 bits per heavy atom. The van der Waals surface area contributed by atoms with Crippen LogP contribution in [0.1, 0.15) is 11.1 Å². The first-order valence-electron chi connectivity index (χ1n) is 7.95. The van der Waals surface area contributed by atoms with Crippen molar-refractivity contribution in [3.8, 4) is 11.8 Å². The first-order chi connectivity index (χ1) is 14.0. The average Bonchev–Trinajstić information content (AvgIpc) is 2.64. The fraction of sp³-hybridized carbons (Fsp3) is 0.105. The summed E-state index contributed by atoms with van der Waals surface area (Å²) in [6.45, 7) is -0.574. The minimum absolute atomic E-state index is 0.115. The van der Waals surface area contributed by atoms with Crippen molar-refractivity contribution >= 4 is 55.5 Å². The van der Waals surface area contributed by atoms with Crippen LogP contribution in [0.2, 0.25) is 0 Å². The van der Waals surface area contributed by atoms with Crippen LogP contribution in [0.5, 0.6) is 5.75 Å². The number of aliphatic carboxylic acids is 1. The van der Waals surface area contributed by atoms with Crippen molar-refractivity contribution < 1.29 is 32.6 Å². The number of carboxylic acid groups (broad SMARTS) is 1. The minimum atomic E-state index is -4.57. The number of carbonyl (C=O) groups excluding carboxylic acids is 1. The largest absolute Gasteiger partial charge is 0.480 e. The zero-order valence-electron chi connectivity index (χ0n) is 14.8. The third-order valence-corrected chi connectivity index (χ3v) is 4.66. The summed E-state index contributed by atoms with van der Waals surface area (Å²) in [6.07, 6.45) is -3.35. The Bertz CT molecular complexity index is 1040. The molecule has 2 rings (SSSR count). The maximum atomic E-state index is 12.8. The van der Waals surface area contributed by atoms with Crippen LogP contribution in [0.4, 0.5) is 18.9 Å². The van der Waals surface area contributed by atoms with Gasteiger partial charge in [0.05, 0.1) is 14.5 Å². The van der Waals surface area contributed by atoms with E-state index in [2.05, 4.69) is 37.2 Å². The normalized spacial score (nSPS) is 11.5. The lowest BCUT2D eigenvalue weighted by Gasteiger charge is -2.10. The molecule has 2 aromatic carbocycles. The Balaban J connectivity index is 2.26. The monoisotopic (exact) mass is 546 g/mol. The number of ether oxygens (including phenoxy) is 1. The lowest BCUT2D eigenvalue weighted by Crippen LogP contribution is -2.14. The van der Waals surface area contributed by atoms with Crippen molar-refractivity contribution in [3.63, 3.8) is 0 Å². The number of carbonyl (C=O) groups is 2. The van der Waals surface area contributed by atoms with Gasteiger partial charge in [-0.3, -0.25) is 4.79 Å². The first kappa shape index (κ1) is 23.4. The number of nitrogens with one attached hydrogen (secondary N) is 1. The Morgan fingerprint density at radius 3 is 2.37 bits per heavy atom. The van der Waals surface area contributed by atoms with E-state index in [1.165, 1.54) is 24.3 Å². The molecule has 2 aromatic rings. The van der Waals surface area contributed by atoms with Crippen molar-refractivity contribution in [2.75, 3.05) is 11.9 Å². The minimum Gasteiger partial charge on any atom is -0.480 e. The number of alkyl halides is 3. The highest BCUT2D eigenvalue weighted by atomic mass is 79.9. The molecule has 0 aliphatic rings. The first-order valence-corrected chi connectivity index (χ1v) is 9.54. The summed E-state index contributed by atoms with van der Waals surface area (Å²) in [5.41, 5.74) is -1.03. The van der Waals surface area contributed by atoms with E-state index in [9.17, 15) is 28.0 Å². The van der Waals surface area contributed by atoms with Crippen molar-refractivity contribution in [2.45, 2.75) is 6.18 Å². The van der Waals surface area contributed by atoms with E-state index in [0.717, 1.165) is 18.2 Å². The third-order valence-electron chi connectivity index (χ3n) is 3.48. The molecule has 0 aliphatic heterocycles. The molecule has 0 bridgehead atoms. The van der Waals surface area contributed by atoms with Gasteiger partial charge in [0.25, 0.3) is 5.91 Å². The number of amides is 1. The Morgan fingerprint density at radius 1 is 1.20 bits per heavy atom. The van der Waals surface area contributed by atoms with Crippen LogP contribution in [-0.4, -0.2) is 23.6 Å². The molecule has 0 fully saturated rings. The van der Waals surface area contributed by atoms with E-state index >= 15 is 0 Å². The van der Waals surface area contributed by atoms with Gasteiger partial charge in [-0.2, -0.15) is 18.4 Å².